The Morgan fingerprint density at radius 3 is 2.55 bits per heavy atom. The minimum atomic E-state index is -3.77. The maximum Gasteiger partial charge on any atom is 0.254 e. The number of hydrogen-bond donors (Lipinski definition) is 0. The van der Waals surface area contributed by atoms with Crippen molar-refractivity contribution < 1.29 is 17.9 Å². The van der Waals surface area contributed by atoms with Gasteiger partial charge in [0.05, 0.1) is 13.2 Å². The molecule has 3 heterocycles. The Labute approximate surface area is 188 Å². The van der Waals surface area contributed by atoms with Crippen LogP contribution in [0.25, 0.3) is 0 Å². The molecule has 2 aliphatic rings. The van der Waals surface area contributed by atoms with Crippen LogP contribution in [0.2, 0.25) is 0 Å². The molecule has 4 rings (SSSR count). The number of carbonyl (C=O) groups is 1. The van der Waals surface area contributed by atoms with Crippen LogP contribution < -0.4 is 4.74 Å². The van der Waals surface area contributed by atoms with Crippen LogP contribution in [0.5, 0.6) is 5.75 Å². The fourth-order valence-electron chi connectivity index (χ4n) is 4.90. The second-order valence-electron chi connectivity index (χ2n) is 8.81. The average molecular weight is 463 g/mol. The summed E-state index contributed by atoms with van der Waals surface area (Å²) >= 11 is 1.65. The molecule has 0 radical (unpaired) electrons. The first kappa shape index (κ1) is 22.3. The number of nitrogens with zero attached hydrogens (tertiary/aromatic N) is 2. The van der Waals surface area contributed by atoms with Crippen LogP contribution in [0.3, 0.4) is 0 Å². The topological polar surface area (TPSA) is 66.9 Å². The fraction of sp³-hybridized carbons (Fsp3) is 0.522. The number of thiophene rings is 1. The molecule has 31 heavy (non-hydrogen) atoms. The van der Waals surface area contributed by atoms with Gasteiger partial charge in [-0.2, -0.15) is 4.31 Å². The van der Waals surface area contributed by atoms with Gasteiger partial charge in [0, 0.05) is 30.1 Å². The third-order valence-electron chi connectivity index (χ3n) is 6.25. The molecule has 2 aliphatic heterocycles. The second-order valence-corrected chi connectivity index (χ2v) is 11.7. The molecule has 1 aromatic heterocycles. The van der Waals surface area contributed by atoms with E-state index < -0.39 is 10.0 Å². The predicted octanol–water partition coefficient (Wildman–Crippen LogP) is 4.40. The standard InChI is InChI=1S/C23H30N2O4S2/c1-16-12-17(2)15-24(14-16)31(27,28)22-13-18(8-9-20(22)29-3)23(26)25-10-4-6-19(25)21-7-5-11-30-21/h5,7-9,11,13,16-17,19H,4,6,10,12,14-15H2,1-3H3. The summed E-state index contributed by atoms with van der Waals surface area (Å²) in [6.45, 7) is 5.80. The van der Waals surface area contributed by atoms with E-state index in [1.807, 2.05) is 16.3 Å². The summed E-state index contributed by atoms with van der Waals surface area (Å²) < 4.78 is 34.0. The third-order valence-corrected chi connectivity index (χ3v) is 9.08. The van der Waals surface area contributed by atoms with Gasteiger partial charge < -0.3 is 9.64 Å². The number of likely N-dealkylation sites (tertiary alicyclic amines) is 1. The first-order valence-corrected chi connectivity index (χ1v) is 13.2. The van der Waals surface area contributed by atoms with Crippen LogP contribution in [-0.4, -0.2) is 50.3 Å². The van der Waals surface area contributed by atoms with E-state index in [-0.39, 0.29) is 22.6 Å². The van der Waals surface area contributed by atoms with Gasteiger partial charge in [-0.15, -0.1) is 11.3 Å². The molecule has 0 aliphatic carbocycles. The summed E-state index contributed by atoms with van der Waals surface area (Å²) in [5.41, 5.74) is 0.390. The Balaban J connectivity index is 1.67. The molecule has 6 nitrogen and oxygen atoms in total. The summed E-state index contributed by atoms with van der Waals surface area (Å²) in [4.78, 5) is 16.5. The van der Waals surface area contributed by atoms with E-state index in [0.717, 1.165) is 19.3 Å². The molecule has 2 aromatic rings. The van der Waals surface area contributed by atoms with Crippen molar-refractivity contribution in [3.63, 3.8) is 0 Å². The molecule has 0 saturated carbocycles. The number of ether oxygens (including phenoxy) is 1. The van der Waals surface area contributed by atoms with Gasteiger partial charge >= 0.3 is 0 Å². The van der Waals surface area contributed by atoms with E-state index in [1.54, 1.807) is 27.8 Å². The molecule has 8 heteroatoms. The van der Waals surface area contributed by atoms with Gasteiger partial charge in [-0.25, -0.2) is 8.42 Å². The van der Waals surface area contributed by atoms with E-state index in [2.05, 4.69) is 19.9 Å². The Bertz CT molecular complexity index is 1030. The normalized spacial score (nSPS) is 25.0. The lowest BCUT2D eigenvalue weighted by Gasteiger charge is -2.34. The fourth-order valence-corrected chi connectivity index (χ4v) is 7.64. The number of hydrogen-bond acceptors (Lipinski definition) is 5. The number of amides is 1. The number of benzene rings is 1. The number of methoxy groups -OCH3 is 1. The summed E-state index contributed by atoms with van der Waals surface area (Å²) in [7, 11) is -2.30. The van der Waals surface area contributed by atoms with Crippen molar-refractivity contribution in [1.82, 2.24) is 9.21 Å². The Morgan fingerprint density at radius 1 is 1.16 bits per heavy atom. The van der Waals surface area contributed by atoms with Crippen LogP contribution in [0, 0.1) is 11.8 Å². The van der Waals surface area contributed by atoms with Gasteiger partial charge in [0.2, 0.25) is 10.0 Å². The van der Waals surface area contributed by atoms with Crippen LogP contribution in [0.4, 0.5) is 0 Å². The minimum absolute atomic E-state index is 0.0541. The molecule has 0 bridgehead atoms. The molecular formula is C23H30N2O4S2. The van der Waals surface area contributed by atoms with Gasteiger partial charge in [-0.05, 0) is 60.7 Å². The minimum Gasteiger partial charge on any atom is -0.495 e. The lowest BCUT2D eigenvalue weighted by molar-refractivity contribution is 0.0737. The monoisotopic (exact) mass is 462 g/mol. The van der Waals surface area contributed by atoms with Gasteiger partial charge in [-0.3, -0.25) is 4.79 Å². The smallest absolute Gasteiger partial charge is 0.254 e. The molecule has 3 atom stereocenters. The van der Waals surface area contributed by atoms with Gasteiger partial charge in [0.15, 0.2) is 0 Å². The first-order chi connectivity index (χ1) is 14.8. The number of sulfonamides is 1. The van der Waals surface area contributed by atoms with Crippen molar-refractivity contribution in [3.8, 4) is 5.75 Å². The summed E-state index contributed by atoms with van der Waals surface area (Å²) in [5.74, 6) is 0.741. The maximum absolute atomic E-state index is 13.5. The molecule has 2 fully saturated rings. The molecular weight excluding hydrogens is 432 g/mol. The summed E-state index contributed by atoms with van der Waals surface area (Å²) in [5, 5.41) is 2.02. The second kappa shape index (κ2) is 8.92. The molecule has 168 valence electrons. The molecule has 1 amide bonds. The van der Waals surface area contributed by atoms with Crippen molar-refractivity contribution in [2.24, 2.45) is 11.8 Å². The predicted molar refractivity (Wildman–Crippen MR) is 122 cm³/mol. The number of rotatable bonds is 5. The van der Waals surface area contributed by atoms with Crippen molar-refractivity contribution in [2.75, 3.05) is 26.7 Å². The Kier molecular flexibility index (Phi) is 6.42. The average Bonchev–Trinajstić information content (AvgIpc) is 3.43. The van der Waals surface area contributed by atoms with Crippen molar-refractivity contribution in [2.45, 2.75) is 44.0 Å². The number of carbonyl (C=O) groups excluding carboxylic acids is 1. The molecule has 1 aromatic carbocycles. The Hall–Kier alpha value is -1.90. The van der Waals surface area contributed by atoms with Gasteiger partial charge in [0.25, 0.3) is 5.91 Å². The van der Waals surface area contributed by atoms with Crippen molar-refractivity contribution in [1.29, 1.82) is 0 Å². The van der Waals surface area contributed by atoms with E-state index in [0.29, 0.717) is 37.0 Å². The van der Waals surface area contributed by atoms with Crippen LogP contribution in [-0.2, 0) is 10.0 Å². The summed E-state index contributed by atoms with van der Waals surface area (Å²) in [6, 6.07) is 8.89. The van der Waals surface area contributed by atoms with E-state index in [9.17, 15) is 13.2 Å². The zero-order valence-electron chi connectivity index (χ0n) is 18.3. The first-order valence-electron chi connectivity index (χ1n) is 10.8. The SMILES string of the molecule is COc1ccc(C(=O)N2CCCC2c2cccs2)cc1S(=O)(=O)N1CC(C)CC(C)C1. The number of piperidine rings is 1. The molecule has 3 unspecified atom stereocenters. The maximum atomic E-state index is 13.5. The lowest BCUT2D eigenvalue weighted by atomic mass is 9.94. The zero-order valence-corrected chi connectivity index (χ0v) is 19.9. The third kappa shape index (κ3) is 4.38. The highest BCUT2D eigenvalue weighted by atomic mass is 32.2. The van der Waals surface area contributed by atoms with Gasteiger partial charge in [-0.1, -0.05) is 19.9 Å². The molecule has 0 N–H and O–H groups in total. The van der Waals surface area contributed by atoms with E-state index in [4.69, 9.17) is 4.74 Å². The van der Waals surface area contributed by atoms with E-state index in [1.165, 1.54) is 18.1 Å². The molecule has 2 saturated heterocycles. The van der Waals surface area contributed by atoms with Crippen LogP contribution >= 0.6 is 11.3 Å². The largest absolute Gasteiger partial charge is 0.495 e. The highest BCUT2D eigenvalue weighted by molar-refractivity contribution is 7.89. The zero-order chi connectivity index (χ0) is 22.2. The van der Waals surface area contributed by atoms with Crippen LogP contribution in [0.15, 0.2) is 40.6 Å². The summed E-state index contributed by atoms with van der Waals surface area (Å²) in [6.07, 6.45) is 2.89. The van der Waals surface area contributed by atoms with Crippen molar-refractivity contribution in [3.05, 3.63) is 46.2 Å². The van der Waals surface area contributed by atoms with Crippen LogP contribution in [0.1, 0.15) is 54.4 Å². The van der Waals surface area contributed by atoms with Gasteiger partial charge in [0.1, 0.15) is 10.6 Å². The quantitative estimate of drug-likeness (QED) is 0.661. The van der Waals surface area contributed by atoms with Crippen molar-refractivity contribution >= 4 is 27.3 Å². The Morgan fingerprint density at radius 2 is 1.90 bits per heavy atom. The highest BCUT2D eigenvalue weighted by Crippen LogP contribution is 2.37. The van der Waals surface area contributed by atoms with E-state index >= 15 is 0 Å². The lowest BCUT2D eigenvalue weighted by Crippen LogP contribution is -2.42. The molecule has 0 spiro atoms. The highest BCUT2D eigenvalue weighted by Gasteiger charge is 2.35.